The number of hydrogen-bond acceptors (Lipinski definition) is 4. The topological polar surface area (TPSA) is 65.5 Å². The zero-order valence-electron chi connectivity index (χ0n) is 12.2. The van der Waals surface area contributed by atoms with Gasteiger partial charge < -0.3 is 5.32 Å². The molecule has 0 bridgehead atoms. The Bertz CT molecular complexity index is 551. The molecule has 6 nitrogen and oxygen atoms in total. The van der Waals surface area contributed by atoms with E-state index in [1.54, 1.807) is 14.1 Å². The van der Waals surface area contributed by atoms with Crippen LogP contribution in [0.3, 0.4) is 0 Å². The molecule has 7 heteroatoms. The molecule has 0 saturated carbocycles. The summed E-state index contributed by atoms with van der Waals surface area (Å²) in [6, 6.07) is 6.14. The molecule has 0 aliphatic carbocycles. The lowest BCUT2D eigenvalue weighted by molar-refractivity contribution is 0.311. The fraction of sp³-hybridized carbons (Fsp3) is 0.615. The molecule has 2 heterocycles. The van der Waals surface area contributed by atoms with E-state index in [9.17, 15) is 8.42 Å². The number of nitrogens with zero attached hydrogens (tertiary/aromatic N) is 3. The van der Waals surface area contributed by atoms with Crippen molar-refractivity contribution in [2.45, 2.75) is 25.8 Å². The highest BCUT2D eigenvalue weighted by Crippen LogP contribution is 2.18. The summed E-state index contributed by atoms with van der Waals surface area (Å²) >= 11 is 0. The molecule has 2 rings (SSSR count). The molecule has 1 N–H and O–H groups in total. The third-order valence-electron chi connectivity index (χ3n) is 3.48. The quantitative estimate of drug-likeness (QED) is 0.903. The summed E-state index contributed by atoms with van der Waals surface area (Å²) in [4.78, 5) is 4.41. The van der Waals surface area contributed by atoms with Gasteiger partial charge in [0, 0.05) is 38.9 Å². The monoisotopic (exact) mass is 298 g/mol. The molecular weight excluding hydrogens is 276 g/mol. The first-order valence-corrected chi connectivity index (χ1v) is 8.17. The van der Waals surface area contributed by atoms with Crippen LogP contribution < -0.4 is 5.32 Å². The molecule has 1 aromatic rings. The Morgan fingerprint density at radius 1 is 1.30 bits per heavy atom. The van der Waals surface area contributed by atoms with Crippen LogP contribution in [0.5, 0.6) is 0 Å². The van der Waals surface area contributed by atoms with Gasteiger partial charge in [-0.1, -0.05) is 6.07 Å². The summed E-state index contributed by atoms with van der Waals surface area (Å²) < 4.78 is 26.8. The van der Waals surface area contributed by atoms with Crippen molar-refractivity contribution < 1.29 is 8.42 Å². The van der Waals surface area contributed by atoms with Gasteiger partial charge in [-0.05, 0) is 31.9 Å². The highest BCUT2D eigenvalue weighted by atomic mass is 32.2. The summed E-state index contributed by atoms with van der Waals surface area (Å²) in [6.45, 7) is 3.05. The Kier molecular flexibility index (Phi) is 4.62. The Hall–Kier alpha value is -1.18. The van der Waals surface area contributed by atoms with Crippen molar-refractivity contribution in [3.8, 4) is 0 Å². The first kappa shape index (κ1) is 15.2. The van der Waals surface area contributed by atoms with Crippen LogP contribution in [-0.4, -0.2) is 55.2 Å². The molecule has 0 atom stereocenters. The van der Waals surface area contributed by atoms with Gasteiger partial charge >= 0.3 is 0 Å². The first-order chi connectivity index (χ1) is 9.39. The van der Waals surface area contributed by atoms with Crippen LogP contribution in [0.2, 0.25) is 0 Å². The van der Waals surface area contributed by atoms with E-state index in [0.717, 1.165) is 24.4 Å². The molecule has 0 unspecified atom stereocenters. The maximum atomic E-state index is 12.0. The number of hydrogen-bond donors (Lipinski definition) is 1. The van der Waals surface area contributed by atoms with Gasteiger partial charge in [0.2, 0.25) is 0 Å². The predicted octanol–water partition coefficient (Wildman–Crippen LogP) is 1.07. The second-order valence-electron chi connectivity index (χ2n) is 5.27. The third-order valence-corrected chi connectivity index (χ3v) is 5.42. The average molecular weight is 298 g/mol. The highest BCUT2D eigenvalue weighted by molar-refractivity contribution is 7.86. The number of rotatable bonds is 4. The Balaban J connectivity index is 1.92. The molecule has 20 heavy (non-hydrogen) atoms. The molecule has 1 aromatic heterocycles. The second-order valence-corrected chi connectivity index (χ2v) is 7.41. The number of nitrogens with one attached hydrogen (secondary N) is 1. The summed E-state index contributed by atoms with van der Waals surface area (Å²) in [5.74, 6) is 0.860. The van der Waals surface area contributed by atoms with Crippen LogP contribution in [0.1, 0.15) is 18.5 Å². The number of piperidine rings is 1. The van der Waals surface area contributed by atoms with E-state index in [4.69, 9.17) is 0 Å². The molecule has 1 fully saturated rings. The van der Waals surface area contributed by atoms with E-state index < -0.39 is 10.2 Å². The lowest BCUT2D eigenvalue weighted by Crippen LogP contribution is -2.46. The van der Waals surface area contributed by atoms with Crippen molar-refractivity contribution in [3.05, 3.63) is 23.9 Å². The van der Waals surface area contributed by atoms with Gasteiger partial charge in [-0.15, -0.1) is 0 Å². The Labute approximate surface area is 121 Å². The van der Waals surface area contributed by atoms with E-state index in [1.165, 1.54) is 8.61 Å². The van der Waals surface area contributed by atoms with E-state index in [2.05, 4.69) is 10.3 Å². The molecule has 0 aromatic carbocycles. The molecule has 1 saturated heterocycles. The van der Waals surface area contributed by atoms with Crippen LogP contribution in [0, 0.1) is 6.92 Å². The highest BCUT2D eigenvalue weighted by Gasteiger charge is 2.29. The van der Waals surface area contributed by atoms with Crippen molar-refractivity contribution in [1.29, 1.82) is 0 Å². The maximum Gasteiger partial charge on any atom is 0.281 e. The second kappa shape index (κ2) is 6.07. The van der Waals surface area contributed by atoms with Gasteiger partial charge in [0.25, 0.3) is 10.2 Å². The van der Waals surface area contributed by atoms with Crippen LogP contribution in [0.15, 0.2) is 18.2 Å². The van der Waals surface area contributed by atoms with Gasteiger partial charge in [-0.3, -0.25) is 0 Å². The molecule has 0 radical (unpaired) electrons. The normalized spacial score (nSPS) is 18.4. The lowest BCUT2D eigenvalue weighted by Gasteiger charge is -2.33. The van der Waals surface area contributed by atoms with Crippen LogP contribution in [-0.2, 0) is 10.2 Å². The number of pyridine rings is 1. The minimum Gasteiger partial charge on any atom is -0.367 e. The van der Waals surface area contributed by atoms with E-state index >= 15 is 0 Å². The van der Waals surface area contributed by atoms with Crippen molar-refractivity contribution in [2.75, 3.05) is 32.5 Å². The molecule has 0 amide bonds. The molecular formula is C13H22N4O2S. The fourth-order valence-corrected chi connectivity index (χ4v) is 3.43. The summed E-state index contributed by atoms with van der Waals surface area (Å²) in [5.41, 5.74) is 0.975. The predicted molar refractivity (Wildman–Crippen MR) is 79.8 cm³/mol. The largest absolute Gasteiger partial charge is 0.367 e. The van der Waals surface area contributed by atoms with Crippen LogP contribution >= 0.6 is 0 Å². The molecule has 1 aliphatic rings. The average Bonchev–Trinajstić information content (AvgIpc) is 2.39. The van der Waals surface area contributed by atoms with E-state index in [0.29, 0.717) is 13.1 Å². The van der Waals surface area contributed by atoms with Crippen LogP contribution in [0.4, 0.5) is 5.82 Å². The number of aryl methyl sites for hydroxylation is 1. The zero-order chi connectivity index (χ0) is 14.8. The van der Waals surface area contributed by atoms with Gasteiger partial charge in [0.15, 0.2) is 0 Å². The standard InChI is InChI=1S/C13H22N4O2S/c1-11-5-4-6-13(14-11)15-12-7-9-17(10-8-12)20(18,19)16(2)3/h4-6,12H,7-10H2,1-3H3,(H,14,15). The van der Waals surface area contributed by atoms with E-state index in [1.807, 2.05) is 25.1 Å². The Morgan fingerprint density at radius 2 is 1.95 bits per heavy atom. The third kappa shape index (κ3) is 3.47. The van der Waals surface area contributed by atoms with Crippen molar-refractivity contribution in [3.63, 3.8) is 0 Å². The van der Waals surface area contributed by atoms with Gasteiger partial charge in [0.1, 0.15) is 5.82 Å². The minimum absolute atomic E-state index is 0.276. The van der Waals surface area contributed by atoms with Gasteiger partial charge in [0.05, 0.1) is 0 Å². The molecule has 1 aliphatic heterocycles. The minimum atomic E-state index is -3.28. The zero-order valence-corrected chi connectivity index (χ0v) is 13.0. The fourth-order valence-electron chi connectivity index (χ4n) is 2.29. The maximum absolute atomic E-state index is 12.0. The number of aromatic nitrogens is 1. The first-order valence-electron chi connectivity index (χ1n) is 6.77. The van der Waals surface area contributed by atoms with Crippen molar-refractivity contribution in [1.82, 2.24) is 13.6 Å². The molecule has 112 valence electrons. The van der Waals surface area contributed by atoms with Crippen molar-refractivity contribution in [2.24, 2.45) is 0 Å². The number of anilines is 1. The molecule has 0 spiro atoms. The van der Waals surface area contributed by atoms with Gasteiger partial charge in [-0.2, -0.15) is 17.0 Å². The SMILES string of the molecule is Cc1cccc(NC2CCN(S(=O)(=O)N(C)C)CC2)n1. The van der Waals surface area contributed by atoms with Crippen molar-refractivity contribution >= 4 is 16.0 Å². The summed E-state index contributed by atoms with van der Waals surface area (Å²) in [5, 5.41) is 3.38. The summed E-state index contributed by atoms with van der Waals surface area (Å²) in [7, 11) is -0.148. The van der Waals surface area contributed by atoms with Crippen LogP contribution in [0.25, 0.3) is 0 Å². The lowest BCUT2D eigenvalue weighted by atomic mass is 10.1. The Morgan fingerprint density at radius 3 is 2.50 bits per heavy atom. The summed E-state index contributed by atoms with van der Waals surface area (Å²) in [6.07, 6.45) is 1.59. The van der Waals surface area contributed by atoms with Gasteiger partial charge in [-0.25, -0.2) is 4.98 Å². The van der Waals surface area contributed by atoms with E-state index in [-0.39, 0.29) is 6.04 Å². The smallest absolute Gasteiger partial charge is 0.281 e.